The van der Waals surface area contributed by atoms with Crippen molar-refractivity contribution in [1.29, 1.82) is 0 Å². The Kier molecular flexibility index (Phi) is 10.2. The number of ether oxygens (including phenoxy) is 1. The Morgan fingerprint density at radius 2 is 1.10 bits per heavy atom. The van der Waals surface area contributed by atoms with Crippen LogP contribution in [0.2, 0.25) is 0 Å². The monoisotopic (exact) mass is 527 g/mol. The van der Waals surface area contributed by atoms with Gasteiger partial charge in [-0.05, 0) is 63.8 Å². The van der Waals surface area contributed by atoms with Gasteiger partial charge < -0.3 is 14.5 Å². The number of aliphatic imine (C=N–C) groups is 1. The molecule has 0 N–H and O–H groups in total. The van der Waals surface area contributed by atoms with Gasteiger partial charge in [0.05, 0.1) is 12.3 Å². The van der Waals surface area contributed by atoms with E-state index in [1.165, 1.54) is 22.3 Å². The molecule has 3 aromatic carbocycles. The Morgan fingerprint density at radius 3 is 1.49 bits per heavy atom. The highest BCUT2D eigenvalue weighted by atomic mass is 16.5. The summed E-state index contributed by atoms with van der Waals surface area (Å²) in [4.78, 5) is 9.59. The fourth-order valence-electron chi connectivity index (χ4n) is 4.44. The zero-order valence-electron chi connectivity index (χ0n) is 25.7. The lowest BCUT2D eigenvalue weighted by atomic mass is 9.87. The molecule has 0 heterocycles. The van der Waals surface area contributed by atoms with Crippen LogP contribution in [0.15, 0.2) is 77.8 Å². The van der Waals surface area contributed by atoms with Gasteiger partial charge >= 0.3 is 0 Å². The average molecular weight is 528 g/mol. The van der Waals surface area contributed by atoms with Crippen LogP contribution in [0, 0.1) is 0 Å². The standard InChI is InChI=1S/C35H49N3O/c1-10-11-24-39-32-22-20-31(21-23-32)36-33(37(8)25-27-12-16-29(17-13-27)34(2,3)4)38(9)26-28-14-18-30(19-15-28)35(5,6)7/h12-23H,10-11,24-26H2,1-9H3. The van der Waals surface area contributed by atoms with E-state index in [4.69, 9.17) is 9.73 Å². The van der Waals surface area contributed by atoms with Crippen molar-refractivity contribution in [3.63, 3.8) is 0 Å². The van der Waals surface area contributed by atoms with E-state index in [9.17, 15) is 0 Å². The molecule has 0 saturated heterocycles. The molecule has 0 fully saturated rings. The molecule has 0 aromatic heterocycles. The zero-order chi connectivity index (χ0) is 28.6. The van der Waals surface area contributed by atoms with Crippen LogP contribution in [0.25, 0.3) is 0 Å². The molecular formula is C35H49N3O. The first kappa shape index (κ1) is 30.3. The van der Waals surface area contributed by atoms with Crippen molar-refractivity contribution in [3.8, 4) is 5.75 Å². The highest BCUT2D eigenvalue weighted by Gasteiger charge is 2.17. The average Bonchev–Trinajstić information content (AvgIpc) is 2.87. The smallest absolute Gasteiger partial charge is 0.201 e. The van der Waals surface area contributed by atoms with Gasteiger partial charge in [0.1, 0.15) is 5.75 Å². The first-order valence-corrected chi connectivity index (χ1v) is 14.3. The van der Waals surface area contributed by atoms with Crippen molar-refractivity contribution < 1.29 is 4.74 Å². The molecule has 4 nitrogen and oxygen atoms in total. The summed E-state index contributed by atoms with van der Waals surface area (Å²) in [5.41, 5.74) is 6.43. The molecule has 3 aromatic rings. The number of benzene rings is 3. The second kappa shape index (κ2) is 13.2. The Balaban J connectivity index is 1.84. The molecule has 0 aliphatic rings. The molecular weight excluding hydrogens is 478 g/mol. The predicted molar refractivity (Wildman–Crippen MR) is 167 cm³/mol. The van der Waals surface area contributed by atoms with Crippen LogP contribution in [0.4, 0.5) is 5.69 Å². The van der Waals surface area contributed by atoms with Gasteiger partial charge in [-0.1, -0.05) is 103 Å². The van der Waals surface area contributed by atoms with Crippen LogP contribution in [0.1, 0.15) is 83.6 Å². The first-order chi connectivity index (χ1) is 18.4. The maximum absolute atomic E-state index is 5.86. The molecule has 0 spiro atoms. The number of hydrogen-bond donors (Lipinski definition) is 0. The second-order valence-electron chi connectivity index (χ2n) is 12.7. The molecule has 0 saturated carbocycles. The van der Waals surface area contributed by atoms with Crippen LogP contribution >= 0.6 is 0 Å². The number of nitrogens with zero attached hydrogens (tertiary/aromatic N) is 3. The highest BCUT2D eigenvalue weighted by Crippen LogP contribution is 2.25. The molecule has 39 heavy (non-hydrogen) atoms. The molecule has 0 radical (unpaired) electrons. The minimum Gasteiger partial charge on any atom is -0.494 e. The van der Waals surface area contributed by atoms with Crippen LogP contribution in [0.3, 0.4) is 0 Å². The number of unbranched alkanes of at least 4 members (excludes halogenated alkanes) is 1. The van der Waals surface area contributed by atoms with Crippen LogP contribution in [0.5, 0.6) is 5.75 Å². The van der Waals surface area contributed by atoms with E-state index in [1.807, 2.05) is 24.3 Å². The molecule has 3 rings (SSSR count). The quantitative estimate of drug-likeness (QED) is 0.158. The maximum atomic E-state index is 5.86. The Labute approximate surface area is 237 Å². The topological polar surface area (TPSA) is 28.1 Å². The minimum atomic E-state index is 0.145. The van der Waals surface area contributed by atoms with Gasteiger partial charge in [0.2, 0.25) is 5.96 Å². The molecule has 4 heteroatoms. The molecule has 0 atom stereocenters. The number of rotatable bonds is 9. The van der Waals surface area contributed by atoms with Crippen LogP contribution < -0.4 is 4.74 Å². The Bertz CT molecular complexity index is 1110. The van der Waals surface area contributed by atoms with E-state index in [1.54, 1.807) is 0 Å². The van der Waals surface area contributed by atoms with Crippen molar-refractivity contribution in [2.75, 3.05) is 20.7 Å². The lowest BCUT2D eigenvalue weighted by molar-refractivity contribution is 0.309. The summed E-state index contributed by atoms with van der Waals surface area (Å²) < 4.78 is 5.86. The van der Waals surface area contributed by atoms with E-state index in [2.05, 4.69) is 121 Å². The Morgan fingerprint density at radius 1 is 0.667 bits per heavy atom. The lowest BCUT2D eigenvalue weighted by Gasteiger charge is -2.30. The minimum absolute atomic E-state index is 0.145. The third-order valence-electron chi connectivity index (χ3n) is 6.99. The lowest BCUT2D eigenvalue weighted by Crippen LogP contribution is -2.39. The highest BCUT2D eigenvalue weighted by molar-refractivity contribution is 5.82. The van der Waals surface area contributed by atoms with E-state index in [-0.39, 0.29) is 10.8 Å². The zero-order valence-corrected chi connectivity index (χ0v) is 25.7. The maximum Gasteiger partial charge on any atom is 0.201 e. The SMILES string of the molecule is CCCCOc1ccc(N=C(N(C)Cc2ccc(C(C)(C)C)cc2)N(C)Cc2ccc(C(C)(C)C)cc2)cc1. The summed E-state index contributed by atoms with van der Waals surface area (Å²) in [7, 11) is 4.25. The molecule has 0 aliphatic heterocycles. The second-order valence-corrected chi connectivity index (χ2v) is 12.7. The van der Waals surface area contributed by atoms with Gasteiger partial charge in [-0.25, -0.2) is 4.99 Å². The van der Waals surface area contributed by atoms with Crippen molar-refractivity contribution in [1.82, 2.24) is 9.80 Å². The molecule has 0 unspecified atom stereocenters. The normalized spacial score (nSPS) is 11.7. The fourth-order valence-corrected chi connectivity index (χ4v) is 4.44. The molecule has 0 aliphatic carbocycles. The predicted octanol–water partition coefficient (Wildman–Crippen LogP) is 8.71. The summed E-state index contributed by atoms with van der Waals surface area (Å²) in [6.45, 7) is 18.0. The fraction of sp³-hybridized carbons (Fsp3) is 0.457. The summed E-state index contributed by atoms with van der Waals surface area (Å²) in [5.74, 6) is 1.82. The summed E-state index contributed by atoms with van der Waals surface area (Å²) in [6, 6.07) is 26.1. The van der Waals surface area contributed by atoms with Crippen LogP contribution in [-0.4, -0.2) is 36.5 Å². The number of guanidine groups is 1. The van der Waals surface area contributed by atoms with Crippen molar-refractivity contribution in [3.05, 3.63) is 95.1 Å². The van der Waals surface area contributed by atoms with Gasteiger partial charge in [-0.15, -0.1) is 0 Å². The Hall–Kier alpha value is -3.27. The van der Waals surface area contributed by atoms with Gasteiger partial charge in [-0.2, -0.15) is 0 Å². The summed E-state index contributed by atoms with van der Waals surface area (Å²) in [6.07, 6.45) is 2.19. The van der Waals surface area contributed by atoms with E-state index in [0.717, 1.165) is 49.9 Å². The third-order valence-corrected chi connectivity index (χ3v) is 6.99. The van der Waals surface area contributed by atoms with Crippen LogP contribution in [-0.2, 0) is 23.9 Å². The molecule has 0 bridgehead atoms. The van der Waals surface area contributed by atoms with Gasteiger partial charge in [-0.3, -0.25) is 0 Å². The summed E-state index contributed by atoms with van der Waals surface area (Å²) in [5, 5.41) is 0. The van der Waals surface area contributed by atoms with Gasteiger partial charge in [0.15, 0.2) is 0 Å². The van der Waals surface area contributed by atoms with Gasteiger partial charge in [0.25, 0.3) is 0 Å². The first-order valence-electron chi connectivity index (χ1n) is 14.3. The van der Waals surface area contributed by atoms with E-state index < -0.39 is 0 Å². The van der Waals surface area contributed by atoms with Crippen molar-refractivity contribution >= 4 is 11.6 Å². The van der Waals surface area contributed by atoms with Crippen molar-refractivity contribution in [2.45, 2.75) is 85.2 Å². The van der Waals surface area contributed by atoms with Gasteiger partial charge in [0, 0.05) is 27.2 Å². The molecule has 0 amide bonds. The third kappa shape index (κ3) is 9.16. The molecule has 210 valence electrons. The largest absolute Gasteiger partial charge is 0.494 e. The van der Waals surface area contributed by atoms with Crippen molar-refractivity contribution in [2.24, 2.45) is 4.99 Å². The van der Waals surface area contributed by atoms with E-state index in [0.29, 0.717) is 0 Å². The number of hydrogen-bond acceptors (Lipinski definition) is 2. The summed E-state index contributed by atoms with van der Waals surface area (Å²) >= 11 is 0. The van der Waals surface area contributed by atoms with E-state index >= 15 is 0 Å².